The Kier molecular flexibility index (Phi) is 5.25. The molecule has 2 atom stereocenters. The molecule has 1 nitrogen and oxygen atoms in total. The molecular weight excluding hydrogens is 218 g/mol. The summed E-state index contributed by atoms with van der Waals surface area (Å²) in [6, 6.07) is 9.64. The van der Waals surface area contributed by atoms with E-state index in [0.717, 1.165) is 24.9 Å². The molecule has 0 spiro atoms. The Balaban J connectivity index is 1.71. The van der Waals surface area contributed by atoms with Gasteiger partial charge in [0.25, 0.3) is 0 Å². The predicted molar refractivity (Wildman–Crippen MR) is 78.9 cm³/mol. The topological polar surface area (TPSA) is 12.0 Å². The first kappa shape index (κ1) is 13.6. The lowest BCUT2D eigenvalue weighted by molar-refractivity contribution is 0.451. The van der Waals surface area contributed by atoms with Gasteiger partial charge in [-0.2, -0.15) is 0 Å². The molecule has 0 aromatic heterocycles. The molecule has 0 heterocycles. The van der Waals surface area contributed by atoms with E-state index >= 15 is 0 Å². The molecule has 1 aliphatic carbocycles. The number of aryl methyl sites for hydroxylation is 1. The Hall–Kier alpha value is -0.820. The molecule has 0 bridgehead atoms. The monoisotopic (exact) mass is 245 g/mol. The van der Waals surface area contributed by atoms with Crippen LogP contribution >= 0.6 is 0 Å². The second-order valence-electron chi connectivity index (χ2n) is 6.00. The number of hydrogen-bond acceptors (Lipinski definition) is 1. The SMILES string of the molecule is Cc1cccc(CCNC2CCCC(C)CC2)c1. The van der Waals surface area contributed by atoms with Gasteiger partial charge in [-0.3, -0.25) is 0 Å². The third-order valence-electron chi connectivity index (χ3n) is 4.19. The number of hydrogen-bond donors (Lipinski definition) is 1. The maximum absolute atomic E-state index is 3.75. The van der Waals surface area contributed by atoms with Crippen LogP contribution in [-0.4, -0.2) is 12.6 Å². The average Bonchev–Trinajstić information content (AvgIpc) is 2.55. The summed E-state index contributed by atoms with van der Waals surface area (Å²) >= 11 is 0. The van der Waals surface area contributed by atoms with Gasteiger partial charge >= 0.3 is 0 Å². The van der Waals surface area contributed by atoms with Gasteiger partial charge in [0.1, 0.15) is 0 Å². The molecule has 18 heavy (non-hydrogen) atoms. The number of rotatable bonds is 4. The minimum atomic E-state index is 0.764. The van der Waals surface area contributed by atoms with Gasteiger partial charge in [-0.05, 0) is 50.6 Å². The zero-order valence-electron chi connectivity index (χ0n) is 11.9. The van der Waals surface area contributed by atoms with Crippen molar-refractivity contribution in [2.24, 2.45) is 5.92 Å². The van der Waals surface area contributed by atoms with Gasteiger partial charge in [0, 0.05) is 6.04 Å². The fourth-order valence-corrected chi connectivity index (χ4v) is 2.98. The minimum absolute atomic E-state index is 0.764. The first-order valence-corrected chi connectivity index (χ1v) is 7.53. The Bertz CT molecular complexity index is 358. The van der Waals surface area contributed by atoms with Crippen molar-refractivity contribution in [3.05, 3.63) is 35.4 Å². The van der Waals surface area contributed by atoms with Gasteiger partial charge in [0.15, 0.2) is 0 Å². The summed E-state index contributed by atoms with van der Waals surface area (Å²) in [7, 11) is 0. The largest absolute Gasteiger partial charge is 0.314 e. The van der Waals surface area contributed by atoms with Gasteiger partial charge in [-0.1, -0.05) is 49.6 Å². The Morgan fingerprint density at radius 1 is 1.17 bits per heavy atom. The summed E-state index contributed by atoms with van der Waals surface area (Å²) in [5.74, 6) is 0.938. The highest BCUT2D eigenvalue weighted by Crippen LogP contribution is 2.22. The van der Waals surface area contributed by atoms with Gasteiger partial charge in [0.05, 0.1) is 0 Å². The maximum Gasteiger partial charge on any atom is 0.00672 e. The highest BCUT2D eigenvalue weighted by atomic mass is 14.9. The molecular formula is C17H27N. The first-order chi connectivity index (χ1) is 8.74. The van der Waals surface area contributed by atoms with E-state index in [1.807, 2.05) is 0 Å². The lowest BCUT2D eigenvalue weighted by Gasteiger charge is -2.16. The smallest absolute Gasteiger partial charge is 0.00672 e. The maximum atomic E-state index is 3.75. The summed E-state index contributed by atoms with van der Waals surface area (Å²) in [6.45, 7) is 5.70. The van der Waals surface area contributed by atoms with Crippen molar-refractivity contribution in [1.29, 1.82) is 0 Å². The molecule has 1 aromatic carbocycles. The second kappa shape index (κ2) is 6.94. The molecule has 1 N–H and O–H groups in total. The molecule has 0 aliphatic heterocycles. The van der Waals surface area contributed by atoms with Crippen LogP contribution in [0.3, 0.4) is 0 Å². The fraction of sp³-hybridized carbons (Fsp3) is 0.647. The zero-order valence-corrected chi connectivity index (χ0v) is 11.9. The minimum Gasteiger partial charge on any atom is -0.314 e. The van der Waals surface area contributed by atoms with Crippen LogP contribution < -0.4 is 5.32 Å². The average molecular weight is 245 g/mol. The van der Waals surface area contributed by atoms with Crippen molar-refractivity contribution in [2.75, 3.05) is 6.54 Å². The van der Waals surface area contributed by atoms with Crippen molar-refractivity contribution in [2.45, 2.75) is 58.4 Å². The van der Waals surface area contributed by atoms with E-state index in [1.54, 1.807) is 0 Å². The third kappa shape index (κ3) is 4.45. The number of benzene rings is 1. The van der Waals surface area contributed by atoms with Crippen molar-refractivity contribution in [3.8, 4) is 0 Å². The van der Waals surface area contributed by atoms with Crippen LogP contribution in [0.2, 0.25) is 0 Å². The fourth-order valence-electron chi connectivity index (χ4n) is 2.98. The Morgan fingerprint density at radius 3 is 2.89 bits per heavy atom. The Labute approximate surface area is 112 Å². The van der Waals surface area contributed by atoms with Crippen LogP contribution in [0, 0.1) is 12.8 Å². The van der Waals surface area contributed by atoms with E-state index in [0.29, 0.717) is 0 Å². The predicted octanol–water partition coefficient (Wildman–Crippen LogP) is 4.10. The molecule has 0 radical (unpaired) electrons. The van der Waals surface area contributed by atoms with E-state index in [4.69, 9.17) is 0 Å². The third-order valence-corrected chi connectivity index (χ3v) is 4.19. The highest BCUT2D eigenvalue weighted by molar-refractivity contribution is 5.22. The highest BCUT2D eigenvalue weighted by Gasteiger charge is 2.15. The van der Waals surface area contributed by atoms with Crippen molar-refractivity contribution in [3.63, 3.8) is 0 Å². The van der Waals surface area contributed by atoms with Crippen LogP contribution in [0.1, 0.15) is 50.2 Å². The quantitative estimate of drug-likeness (QED) is 0.788. The van der Waals surface area contributed by atoms with E-state index < -0.39 is 0 Å². The molecule has 2 unspecified atom stereocenters. The number of nitrogens with one attached hydrogen (secondary N) is 1. The molecule has 0 amide bonds. The van der Waals surface area contributed by atoms with Gasteiger partial charge < -0.3 is 5.32 Å². The molecule has 1 fully saturated rings. The van der Waals surface area contributed by atoms with Crippen LogP contribution in [0.5, 0.6) is 0 Å². The molecule has 0 saturated heterocycles. The van der Waals surface area contributed by atoms with E-state index in [2.05, 4.69) is 43.4 Å². The molecule has 100 valence electrons. The summed E-state index contributed by atoms with van der Waals surface area (Å²) < 4.78 is 0. The molecule has 2 rings (SSSR count). The van der Waals surface area contributed by atoms with E-state index in [1.165, 1.54) is 43.2 Å². The summed E-state index contributed by atoms with van der Waals surface area (Å²) in [4.78, 5) is 0. The van der Waals surface area contributed by atoms with Crippen LogP contribution in [0.15, 0.2) is 24.3 Å². The van der Waals surface area contributed by atoms with E-state index in [9.17, 15) is 0 Å². The second-order valence-corrected chi connectivity index (χ2v) is 6.00. The summed E-state index contributed by atoms with van der Waals surface area (Å²) in [5, 5.41) is 3.75. The lowest BCUT2D eigenvalue weighted by Crippen LogP contribution is -2.30. The van der Waals surface area contributed by atoms with Crippen molar-refractivity contribution >= 4 is 0 Å². The van der Waals surface area contributed by atoms with Crippen LogP contribution in [0.25, 0.3) is 0 Å². The van der Waals surface area contributed by atoms with Crippen molar-refractivity contribution < 1.29 is 0 Å². The molecule has 1 heteroatoms. The first-order valence-electron chi connectivity index (χ1n) is 7.53. The summed E-state index contributed by atoms with van der Waals surface area (Å²) in [6.07, 6.45) is 8.14. The van der Waals surface area contributed by atoms with E-state index in [-0.39, 0.29) is 0 Å². The molecule has 1 saturated carbocycles. The van der Waals surface area contributed by atoms with Crippen molar-refractivity contribution in [1.82, 2.24) is 5.32 Å². The van der Waals surface area contributed by atoms with Gasteiger partial charge in [0.2, 0.25) is 0 Å². The standard InChI is InChI=1S/C17H27N/c1-14-5-4-8-17(10-9-14)18-12-11-16-7-3-6-15(2)13-16/h3,6-7,13-14,17-18H,4-5,8-12H2,1-2H3. The Morgan fingerprint density at radius 2 is 2.06 bits per heavy atom. The summed E-state index contributed by atoms with van der Waals surface area (Å²) in [5.41, 5.74) is 2.83. The lowest BCUT2D eigenvalue weighted by atomic mass is 10.0. The van der Waals surface area contributed by atoms with Gasteiger partial charge in [-0.15, -0.1) is 0 Å². The van der Waals surface area contributed by atoms with Gasteiger partial charge in [-0.25, -0.2) is 0 Å². The molecule has 1 aromatic rings. The van der Waals surface area contributed by atoms with Crippen LogP contribution in [-0.2, 0) is 6.42 Å². The normalized spacial score (nSPS) is 24.8. The molecule has 1 aliphatic rings. The zero-order chi connectivity index (χ0) is 12.8. The van der Waals surface area contributed by atoms with Crippen LogP contribution in [0.4, 0.5) is 0 Å².